The molecule has 7 heteroatoms. The highest BCUT2D eigenvalue weighted by Crippen LogP contribution is 2.20. The van der Waals surface area contributed by atoms with E-state index in [1.807, 2.05) is 37.3 Å². The normalized spacial score (nSPS) is 10.3. The fraction of sp³-hybridized carbons (Fsp3) is 0.318. The summed E-state index contributed by atoms with van der Waals surface area (Å²) in [6, 6.07) is 14.8. The molecule has 154 valence electrons. The Hall–Kier alpha value is -2.86. The van der Waals surface area contributed by atoms with Crippen molar-refractivity contribution in [3.8, 4) is 0 Å². The minimum Gasteiger partial charge on any atom is -0.456 e. The highest BCUT2D eigenvalue weighted by Gasteiger charge is 2.18. The van der Waals surface area contributed by atoms with Crippen LogP contribution >= 0.6 is 11.6 Å². The molecule has 29 heavy (non-hydrogen) atoms. The second-order valence-corrected chi connectivity index (χ2v) is 7.00. The van der Waals surface area contributed by atoms with E-state index in [-0.39, 0.29) is 25.5 Å². The summed E-state index contributed by atoms with van der Waals surface area (Å²) in [7, 11) is 0. The molecule has 6 nitrogen and oxygen atoms in total. The number of halogens is 1. The molecule has 0 fully saturated rings. The van der Waals surface area contributed by atoms with E-state index in [1.54, 1.807) is 25.1 Å². The Labute approximate surface area is 175 Å². The minimum absolute atomic E-state index is 0.136. The standard InChI is InChI=1S/C22H25ClN2O4/c1-3-25(14-20(26)24-19-13-18(23)11-9-16(19)2)21(27)15-29-22(28)12-10-17-7-5-4-6-8-17/h4-9,11,13H,3,10,12,14-15H2,1-2H3,(H,24,26). The van der Waals surface area contributed by atoms with Gasteiger partial charge in [-0.1, -0.05) is 48.0 Å². The van der Waals surface area contributed by atoms with Crippen LogP contribution in [0, 0.1) is 6.92 Å². The maximum Gasteiger partial charge on any atom is 0.306 e. The van der Waals surface area contributed by atoms with Crippen molar-refractivity contribution in [1.82, 2.24) is 4.90 Å². The number of nitrogens with zero attached hydrogens (tertiary/aromatic N) is 1. The van der Waals surface area contributed by atoms with Crippen LogP contribution in [0.4, 0.5) is 5.69 Å². The zero-order valence-electron chi connectivity index (χ0n) is 16.6. The second kappa shape index (κ2) is 11.2. The maximum absolute atomic E-state index is 12.3. The van der Waals surface area contributed by atoms with Crippen LogP contribution in [0.1, 0.15) is 24.5 Å². The van der Waals surface area contributed by atoms with Crippen molar-refractivity contribution in [2.45, 2.75) is 26.7 Å². The van der Waals surface area contributed by atoms with E-state index in [0.717, 1.165) is 11.1 Å². The number of hydrogen-bond donors (Lipinski definition) is 1. The number of esters is 1. The van der Waals surface area contributed by atoms with E-state index in [9.17, 15) is 14.4 Å². The van der Waals surface area contributed by atoms with E-state index in [1.165, 1.54) is 4.90 Å². The molecule has 0 radical (unpaired) electrons. The molecule has 0 spiro atoms. The van der Waals surface area contributed by atoms with Crippen LogP contribution in [0.2, 0.25) is 5.02 Å². The number of amides is 2. The number of aryl methyl sites for hydroxylation is 2. The van der Waals surface area contributed by atoms with Gasteiger partial charge in [0.05, 0.1) is 6.54 Å². The Morgan fingerprint density at radius 2 is 1.83 bits per heavy atom. The zero-order valence-corrected chi connectivity index (χ0v) is 17.4. The number of nitrogens with one attached hydrogen (secondary N) is 1. The topological polar surface area (TPSA) is 75.7 Å². The number of hydrogen-bond acceptors (Lipinski definition) is 4. The van der Waals surface area contributed by atoms with Crippen molar-refractivity contribution in [2.75, 3.05) is 25.0 Å². The predicted molar refractivity (Wildman–Crippen MR) is 113 cm³/mol. The van der Waals surface area contributed by atoms with Crippen molar-refractivity contribution in [3.05, 3.63) is 64.7 Å². The smallest absolute Gasteiger partial charge is 0.306 e. The lowest BCUT2D eigenvalue weighted by molar-refractivity contribution is -0.152. The summed E-state index contributed by atoms with van der Waals surface area (Å²) in [5, 5.41) is 3.26. The van der Waals surface area contributed by atoms with Crippen molar-refractivity contribution >= 4 is 35.1 Å². The van der Waals surface area contributed by atoms with Crippen molar-refractivity contribution in [1.29, 1.82) is 0 Å². The third-order valence-corrected chi connectivity index (χ3v) is 4.59. The fourth-order valence-electron chi connectivity index (χ4n) is 2.67. The molecule has 2 amide bonds. The Kier molecular flexibility index (Phi) is 8.68. The summed E-state index contributed by atoms with van der Waals surface area (Å²) in [6.07, 6.45) is 0.741. The molecular weight excluding hydrogens is 392 g/mol. The molecule has 0 saturated heterocycles. The number of rotatable bonds is 9. The van der Waals surface area contributed by atoms with Crippen molar-refractivity contribution in [3.63, 3.8) is 0 Å². The number of ether oxygens (including phenoxy) is 1. The van der Waals surface area contributed by atoms with Crippen LogP contribution in [0.3, 0.4) is 0 Å². The van der Waals surface area contributed by atoms with Crippen LogP contribution < -0.4 is 5.32 Å². The summed E-state index contributed by atoms with van der Waals surface area (Å²) >= 11 is 5.96. The molecule has 2 aromatic rings. The van der Waals surface area contributed by atoms with E-state index in [0.29, 0.717) is 23.7 Å². The molecule has 0 saturated carbocycles. The summed E-state index contributed by atoms with van der Waals surface area (Å²) < 4.78 is 5.06. The average molecular weight is 417 g/mol. The van der Waals surface area contributed by atoms with Gasteiger partial charge in [0.15, 0.2) is 6.61 Å². The molecule has 0 heterocycles. The highest BCUT2D eigenvalue weighted by molar-refractivity contribution is 6.31. The summed E-state index contributed by atoms with van der Waals surface area (Å²) in [5.41, 5.74) is 2.49. The molecule has 1 N–H and O–H groups in total. The molecule has 0 bridgehead atoms. The van der Waals surface area contributed by atoms with Gasteiger partial charge in [-0.25, -0.2) is 0 Å². The number of carbonyl (C=O) groups is 3. The van der Waals surface area contributed by atoms with Gasteiger partial charge in [-0.15, -0.1) is 0 Å². The zero-order chi connectivity index (χ0) is 21.2. The van der Waals surface area contributed by atoms with E-state index in [4.69, 9.17) is 16.3 Å². The fourth-order valence-corrected chi connectivity index (χ4v) is 2.84. The lowest BCUT2D eigenvalue weighted by Gasteiger charge is -2.20. The first-order valence-electron chi connectivity index (χ1n) is 9.42. The molecule has 0 atom stereocenters. The van der Waals surface area contributed by atoms with Gasteiger partial charge in [-0.3, -0.25) is 14.4 Å². The van der Waals surface area contributed by atoms with Gasteiger partial charge in [0, 0.05) is 23.7 Å². The molecule has 0 aliphatic rings. The first-order chi connectivity index (χ1) is 13.9. The van der Waals surface area contributed by atoms with Gasteiger partial charge < -0.3 is 15.0 Å². The number of carbonyl (C=O) groups excluding carboxylic acids is 3. The Bertz CT molecular complexity index is 855. The molecule has 0 unspecified atom stereocenters. The van der Waals surface area contributed by atoms with E-state index in [2.05, 4.69) is 5.32 Å². The third kappa shape index (κ3) is 7.58. The summed E-state index contributed by atoms with van der Waals surface area (Å²) in [6.45, 7) is 3.41. The van der Waals surface area contributed by atoms with Gasteiger partial charge in [0.25, 0.3) is 5.91 Å². The monoisotopic (exact) mass is 416 g/mol. The molecular formula is C22H25ClN2O4. The van der Waals surface area contributed by atoms with Gasteiger partial charge in [-0.2, -0.15) is 0 Å². The third-order valence-electron chi connectivity index (χ3n) is 4.36. The first kappa shape index (κ1) is 22.4. The summed E-state index contributed by atoms with van der Waals surface area (Å²) in [4.78, 5) is 37.8. The van der Waals surface area contributed by atoms with Gasteiger partial charge in [0.1, 0.15) is 0 Å². The lowest BCUT2D eigenvalue weighted by atomic mass is 10.1. The van der Waals surface area contributed by atoms with E-state index < -0.39 is 11.9 Å². The Balaban J connectivity index is 1.79. The molecule has 2 rings (SSSR count). The van der Waals surface area contributed by atoms with Gasteiger partial charge >= 0.3 is 5.97 Å². The second-order valence-electron chi connectivity index (χ2n) is 6.56. The van der Waals surface area contributed by atoms with Gasteiger partial charge in [-0.05, 0) is 43.5 Å². The van der Waals surface area contributed by atoms with Crippen LogP contribution in [0.25, 0.3) is 0 Å². The van der Waals surface area contributed by atoms with Crippen molar-refractivity contribution in [2.24, 2.45) is 0 Å². The molecule has 0 aliphatic carbocycles. The Morgan fingerprint density at radius 3 is 2.52 bits per heavy atom. The summed E-state index contributed by atoms with van der Waals surface area (Å²) in [5.74, 6) is -1.21. The SMILES string of the molecule is CCN(CC(=O)Nc1cc(Cl)ccc1C)C(=O)COC(=O)CCc1ccccc1. The largest absolute Gasteiger partial charge is 0.456 e. The van der Waals surface area contributed by atoms with Crippen LogP contribution in [0.15, 0.2) is 48.5 Å². The van der Waals surface area contributed by atoms with Crippen LogP contribution in [-0.2, 0) is 25.5 Å². The number of benzene rings is 2. The molecule has 0 aliphatic heterocycles. The minimum atomic E-state index is -0.447. The predicted octanol–water partition coefficient (Wildman–Crippen LogP) is 3.61. The number of anilines is 1. The molecule has 0 aromatic heterocycles. The average Bonchev–Trinajstić information content (AvgIpc) is 2.72. The van der Waals surface area contributed by atoms with Crippen LogP contribution in [0.5, 0.6) is 0 Å². The quantitative estimate of drug-likeness (QED) is 0.633. The van der Waals surface area contributed by atoms with Crippen LogP contribution in [-0.4, -0.2) is 42.4 Å². The maximum atomic E-state index is 12.3. The highest BCUT2D eigenvalue weighted by atomic mass is 35.5. The number of likely N-dealkylation sites (N-methyl/N-ethyl adjacent to an activating group) is 1. The Morgan fingerprint density at radius 1 is 1.10 bits per heavy atom. The molecule has 2 aromatic carbocycles. The van der Waals surface area contributed by atoms with Gasteiger partial charge in [0.2, 0.25) is 5.91 Å². The lowest BCUT2D eigenvalue weighted by Crippen LogP contribution is -2.40. The van der Waals surface area contributed by atoms with Crippen molar-refractivity contribution < 1.29 is 19.1 Å². The van der Waals surface area contributed by atoms with E-state index >= 15 is 0 Å². The first-order valence-corrected chi connectivity index (χ1v) is 9.80.